The van der Waals surface area contributed by atoms with Gasteiger partial charge in [-0.1, -0.05) is 103 Å². The largest absolute Gasteiger partial charge is 0.451 e. The van der Waals surface area contributed by atoms with Gasteiger partial charge in [0.05, 0.1) is 26.2 Å². The molecule has 6 aromatic heterocycles. The Morgan fingerprint density at radius 3 is 1.57 bits per heavy atom. The lowest BCUT2D eigenvalue weighted by Crippen LogP contribution is -2.01. The summed E-state index contributed by atoms with van der Waals surface area (Å²) >= 11 is 0. The number of para-hydroxylation sites is 5. The van der Waals surface area contributed by atoms with E-state index in [1.54, 1.807) is 0 Å². The quantitative estimate of drug-likeness (QED) is 0.180. The van der Waals surface area contributed by atoms with E-state index >= 15 is 0 Å². The highest BCUT2D eigenvalue weighted by atomic mass is 16.3. The third kappa shape index (κ3) is 4.11. The molecule has 7 aromatic carbocycles. The Morgan fingerprint density at radius 1 is 0.414 bits per heavy atom. The molecule has 0 saturated carbocycles. The molecule has 13 aromatic rings. The van der Waals surface area contributed by atoms with E-state index in [-0.39, 0.29) is 0 Å². The van der Waals surface area contributed by atoms with Crippen LogP contribution in [0.25, 0.3) is 111 Å². The number of hydrogen-bond acceptors (Lipinski definition) is 3. The van der Waals surface area contributed by atoms with Crippen LogP contribution in [0.3, 0.4) is 0 Å². The molecule has 0 N–H and O–H groups in total. The van der Waals surface area contributed by atoms with E-state index in [2.05, 4.69) is 91.9 Å². The molecule has 0 amide bonds. The van der Waals surface area contributed by atoms with Gasteiger partial charge in [-0.25, -0.2) is 0 Å². The van der Waals surface area contributed by atoms with Crippen LogP contribution in [0.15, 0.2) is 180 Å². The summed E-state index contributed by atoms with van der Waals surface area (Å²) in [5.74, 6) is 0. The minimum Gasteiger partial charge on any atom is -0.451 e. The second-order valence-electron chi connectivity index (χ2n) is 14.9. The minimum atomic E-state index is 0.355. The van der Waals surface area contributed by atoms with Crippen molar-refractivity contribution in [1.82, 2.24) is 28.5 Å². The van der Waals surface area contributed by atoms with Crippen LogP contribution in [0.2, 0.25) is 0 Å². The van der Waals surface area contributed by atoms with Gasteiger partial charge in [0.2, 0.25) is 0 Å². The maximum Gasteiger partial charge on any atom is 0.163 e. The fraction of sp³-hybridized carbons (Fsp3) is 0.0196. The molecule has 13 rings (SSSR count). The zero-order valence-electron chi connectivity index (χ0n) is 34.1. The molecule has 7 heteroatoms. The summed E-state index contributed by atoms with van der Waals surface area (Å²) in [5.41, 5.74) is 14.5. The summed E-state index contributed by atoms with van der Waals surface area (Å²) in [6, 6.07) is 53.6. The average molecular weight is 748 g/mol. The highest BCUT2D eigenvalue weighted by Gasteiger charge is 2.27. The monoisotopic (exact) mass is 747 g/mol. The Balaban J connectivity index is 1.18. The van der Waals surface area contributed by atoms with Gasteiger partial charge < -0.3 is 22.7 Å². The van der Waals surface area contributed by atoms with Gasteiger partial charge in [-0.3, -0.25) is 0 Å². The highest BCUT2D eigenvalue weighted by molar-refractivity contribution is 6.23. The molecule has 0 aliphatic heterocycles. The van der Waals surface area contributed by atoms with Crippen molar-refractivity contribution in [2.45, 2.75) is 6.92 Å². The maximum atomic E-state index is 9.38. The number of rotatable bonds is 4. The van der Waals surface area contributed by atoms with E-state index in [1.807, 2.05) is 91.0 Å². The second-order valence-corrected chi connectivity index (χ2v) is 14.9. The molecule has 0 spiro atoms. The number of furan rings is 1. The third-order valence-electron chi connectivity index (χ3n) is 11.6. The van der Waals surface area contributed by atoms with Crippen LogP contribution >= 0.6 is 0 Å². The predicted octanol–water partition coefficient (Wildman–Crippen LogP) is 12.8. The van der Waals surface area contributed by atoms with Crippen LogP contribution in [0.1, 0.15) is 9.68 Å². The summed E-state index contributed by atoms with van der Waals surface area (Å²) in [6.07, 6.45) is 0. The zero-order chi connectivity index (χ0) is 40.7. The van der Waals surface area contributed by atoms with Crippen LogP contribution in [-0.4, -0.2) is 28.5 Å². The molecule has 0 atom stereocenters. The molecule has 0 unspecified atom stereocenters. The van der Waals surface area contributed by atoms with E-state index in [0.29, 0.717) is 40.3 Å². The van der Waals surface area contributed by atoms with Gasteiger partial charge >= 0.3 is 0 Å². The van der Waals surface area contributed by atoms with Gasteiger partial charge in [0.15, 0.2) is 11.2 Å². The molecule has 58 heavy (non-hydrogen) atoms. The van der Waals surface area contributed by atoms with Crippen LogP contribution in [-0.2, 0) is 0 Å². The highest BCUT2D eigenvalue weighted by Crippen LogP contribution is 2.45. The van der Waals surface area contributed by atoms with Crippen molar-refractivity contribution in [3.05, 3.63) is 181 Å². The Labute approximate surface area is 335 Å². The molecule has 0 bridgehead atoms. The minimum absolute atomic E-state index is 0.355. The number of benzene rings is 7. The molecule has 0 radical (unpaired) electrons. The van der Waals surface area contributed by atoms with E-state index in [4.69, 9.17) is 17.4 Å². The van der Waals surface area contributed by atoms with Gasteiger partial charge in [0.1, 0.15) is 33.1 Å². The Bertz CT molecular complexity index is 3990. The first-order chi connectivity index (χ1) is 29.9. The lowest BCUT2D eigenvalue weighted by molar-refractivity contribution is 0.676. The number of fused-ring (bicyclic) bond motifs is 14. The standard InChI is InChI=1S/C51H32N6O/c1-31-27-28-43-39(29-31)51-49(55(43)33-17-6-3-7-18-33)48-50(58-51)38-23-10-13-26-42(38)57(48)35-20-14-19-34(30-35)56-41-25-12-9-22-37(41)45-47(56)46-44(52-53-45)36-21-8-11-24-40(36)54(46)32-15-4-2-5-16-32/h2-30H,1H3/i10D,24D,25D. The van der Waals surface area contributed by atoms with Gasteiger partial charge in [-0.05, 0) is 85.7 Å². The average Bonchev–Trinajstić information content (AvgIpc) is 4.07. The van der Waals surface area contributed by atoms with E-state index in [0.717, 1.165) is 94.1 Å². The van der Waals surface area contributed by atoms with Crippen molar-refractivity contribution < 1.29 is 8.53 Å². The van der Waals surface area contributed by atoms with E-state index in [1.165, 1.54) is 0 Å². The second kappa shape index (κ2) is 11.6. The van der Waals surface area contributed by atoms with Crippen molar-refractivity contribution >= 4 is 87.9 Å². The van der Waals surface area contributed by atoms with Crippen LogP contribution in [0.4, 0.5) is 0 Å². The summed E-state index contributed by atoms with van der Waals surface area (Å²) in [4.78, 5) is 0. The zero-order valence-corrected chi connectivity index (χ0v) is 31.1. The van der Waals surface area contributed by atoms with Gasteiger partial charge in [0, 0.05) is 44.3 Å². The number of nitrogens with zero attached hydrogens (tertiary/aromatic N) is 6. The van der Waals surface area contributed by atoms with Crippen molar-refractivity contribution in [2.75, 3.05) is 0 Å². The van der Waals surface area contributed by atoms with Crippen molar-refractivity contribution in [2.24, 2.45) is 0 Å². The molecule has 0 aliphatic carbocycles. The van der Waals surface area contributed by atoms with Gasteiger partial charge in [-0.15, -0.1) is 10.2 Å². The van der Waals surface area contributed by atoms with Crippen molar-refractivity contribution in [3.63, 3.8) is 0 Å². The fourth-order valence-corrected chi connectivity index (χ4v) is 9.28. The Hall–Kier alpha value is -7.90. The first kappa shape index (κ1) is 28.5. The first-order valence-electron chi connectivity index (χ1n) is 20.8. The smallest absolute Gasteiger partial charge is 0.163 e. The molecule has 6 heterocycles. The summed E-state index contributed by atoms with van der Waals surface area (Å²) in [7, 11) is 0. The topological polar surface area (TPSA) is 58.6 Å². The third-order valence-corrected chi connectivity index (χ3v) is 11.6. The summed E-state index contributed by atoms with van der Waals surface area (Å²) in [5, 5.41) is 13.3. The molecule has 7 nitrogen and oxygen atoms in total. The molecular formula is C51H32N6O. The number of aromatic nitrogens is 6. The van der Waals surface area contributed by atoms with Crippen molar-refractivity contribution in [3.8, 4) is 22.7 Å². The van der Waals surface area contributed by atoms with Crippen molar-refractivity contribution in [1.29, 1.82) is 0 Å². The van der Waals surface area contributed by atoms with Gasteiger partial charge in [0.25, 0.3) is 0 Å². The van der Waals surface area contributed by atoms with E-state index < -0.39 is 0 Å². The lowest BCUT2D eigenvalue weighted by Gasteiger charge is -2.14. The lowest BCUT2D eigenvalue weighted by atomic mass is 10.2. The Kier molecular flexibility index (Phi) is 5.68. The fourth-order valence-electron chi connectivity index (χ4n) is 9.28. The SMILES string of the molecule is [2H]c1ccc2c(c1)c1oc3c4cc(C)ccc4n(-c4ccccc4)c3c1n2-c1cccc(-n2c3c([2H])cccc3c3nnc4c5cccc([2H])c5n(-c5ccccc5)c4c32)c1. The molecule has 272 valence electrons. The number of aryl methyl sites for hydroxylation is 1. The van der Waals surface area contributed by atoms with Crippen LogP contribution in [0.5, 0.6) is 0 Å². The molecule has 0 saturated heterocycles. The molecule has 0 aliphatic rings. The molecule has 0 fully saturated rings. The Morgan fingerprint density at radius 2 is 0.931 bits per heavy atom. The predicted molar refractivity (Wildman–Crippen MR) is 236 cm³/mol. The van der Waals surface area contributed by atoms with Crippen LogP contribution < -0.4 is 0 Å². The summed E-state index contributed by atoms with van der Waals surface area (Å²) < 4.78 is 43.0. The van der Waals surface area contributed by atoms with Crippen LogP contribution in [0, 0.1) is 6.92 Å². The van der Waals surface area contributed by atoms with E-state index in [9.17, 15) is 1.37 Å². The summed E-state index contributed by atoms with van der Waals surface area (Å²) in [6.45, 7) is 2.10. The number of hydrogen-bond donors (Lipinski definition) is 0. The normalized spacial score (nSPS) is 12.9. The molecular weight excluding hydrogens is 713 g/mol. The maximum absolute atomic E-state index is 9.38. The first-order valence-corrected chi connectivity index (χ1v) is 19.3. The van der Waals surface area contributed by atoms with Gasteiger partial charge in [-0.2, -0.15) is 0 Å².